The maximum Gasteiger partial charge on any atom is 0.253 e. The molecule has 0 aliphatic rings. The van der Waals surface area contributed by atoms with Crippen molar-refractivity contribution in [3.8, 4) is 0 Å². The second-order valence-corrected chi connectivity index (χ2v) is 5.09. The van der Waals surface area contributed by atoms with E-state index in [1.165, 1.54) is 6.20 Å². The quantitative estimate of drug-likeness (QED) is 0.730. The van der Waals surface area contributed by atoms with Crippen LogP contribution in [0, 0.1) is 0 Å². The Bertz CT molecular complexity index is 749. The smallest absolute Gasteiger partial charge is 0.253 e. The molecular formula is C15H13ClN4O. The minimum atomic E-state index is -0.236. The molecule has 2 N–H and O–H groups in total. The van der Waals surface area contributed by atoms with Gasteiger partial charge >= 0.3 is 0 Å². The van der Waals surface area contributed by atoms with Crippen molar-refractivity contribution in [2.75, 3.05) is 0 Å². The summed E-state index contributed by atoms with van der Waals surface area (Å²) >= 11 is 5.71. The van der Waals surface area contributed by atoms with Crippen molar-refractivity contribution in [2.45, 2.75) is 13.0 Å². The summed E-state index contributed by atoms with van der Waals surface area (Å²) in [6, 6.07) is 10.7. The van der Waals surface area contributed by atoms with Gasteiger partial charge in [0, 0.05) is 6.20 Å². The van der Waals surface area contributed by atoms with Crippen molar-refractivity contribution >= 4 is 28.5 Å². The lowest BCUT2D eigenvalue weighted by Gasteiger charge is -2.11. The third-order valence-corrected chi connectivity index (χ3v) is 3.38. The Balaban J connectivity index is 1.77. The number of nitrogens with zero attached hydrogens (tertiary/aromatic N) is 2. The van der Waals surface area contributed by atoms with Gasteiger partial charge in [-0.1, -0.05) is 23.7 Å². The van der Waals surface area contributed by atoms with Crippen LogP contribution in [0.25, 0.3) is 11.0 Å². The predicted octanol–water partition coefficient (Wildman–Crippen LogP) is 3.10. The topological polar surface area (TPSA) is 70.7 Å². The Morgan fingerprint density at radius 1 is 1.29 bits per heavy atom. The van der Waals surface area contributed by atoms with Gasteiger partial charge in [0.1, 0.15) is 11.0 Å². The molecule has 21 heavy (non-hydrogen) atoms. The molecule has 1 amide bonds. The van der Waals surface area contributed by atoms with Gasteiger partial charge in [-0.3, -0.25) is 4.79 Å². The Kier molecular flexibility index (Phi) is 3.58. The highest BCUT2D eigenvalue weighted by atomic mass is 35.5. The van der Waals surface area contributed by atoms with E-state index in [0.717, 1.165) is 11.0 Å². The van der Waals surface area contributed by atoms with Gasteiger partial charge in [-0.2, -0.15) is 0 Å². The molecule has 2 aromatic heterocycles. The van der Waals surface area contributed by atoms with Gasteiger partial charge in [-0.05, 0) is 31.2 Å². The minimum absolute atomic E-state index is 0.216. The van der Waals surface area contributed by atoms with Gasteiger partial charge in [-0.25, -0.2) is 9.97 Å². The molecule has 5 nitrogen and oxygen atoms in total. The number of benzene rings is 1. The number of para-hydroxylation sites is 2. The molecule has 0 aliphatic carbocycles. The van der Waals surface area contributed by atoms with Crippen molar-refractivity contribution < 1.29 is 4.79 Å². The van der Waals surface area contributed by atoms with Crippen molar-refractivity contribution in [3.63, 3.8) is 0 Å². The van der Waals surface area contributed by atoms with Crippen LogP contribution in [-0.4, -0.2) is 20.9 Å². The number of hydrogen-bond donors (Lipinski definition) is 2. The average Bonchev–Trinajstić information content (AvgIpc) is 2.92. The van der Waals surface area contributed by atoms with Crippen molar-refractivity contribution in [1.29, 1.82) is 0 Å². The van der Waals surface area contributed by atoms with Gasteiger partial charge in [-0.15, -0.1) is 0 Å². The van der Waals surface area contributed by atoms with Crippen LogP contribution < -0.4 is 5.32 Å². The fraction of sp³-hybridized carbons (Fsp3) is 0.133. The standard InChI is InChI=1S/C15H13ClN4O/c1-9(14-19-11-4-2-3-5-12(11)20-14)18-15(21)10-6-7-13(16)17-8-10/h2-9H,1H3,(H,18,21)(H,19,20). The normalized spacial score (nSPS) is 12.3. The highest BCUT2D eigenvalue weighted by Crippen LogP contribution is 2.16. The SMILES string of the molecule is CC(NC(=O)c1ccc(Cl)nc1)c1nc2ccccc2[nH]1. The summed E-state index contributed by atoms with van der Waals surface area (Å²) < 4.78 is 0. The van der Waals surface area contributed by atoms with Crippen LogP contribution in [0.2, 0.25) is 5.15 Å². The monoisotopic (exact) mass is 300 g/mol. The zero-order chi connectivity index (χ0) is 14.8. The molecule has 0 saturated heterocycles. The maximum atomic E-state index is 12.1. The molecule has 0 bridgehead atoms. The lowest BCUT2D eigenvalue weighted by Crippen LogP contribution is -2.27. The van der Waals surface area contributed by atoms with Gasteiger partial charge < -0.3 is 10.3 Å². The number of nitrogens with one attached hydrogen (secondary N) is 2. The number of aromatic nitrogens is 3. The minimum Gasteiger partial charge on any atom is -0.342 e. The predicted molar refractivity (Wildman–Crippen MR) is 81.2 cm³/mol. The van der Waals surface area contributed by atoms with E-state index >= 15 is 0 Å². The molecule has 0 spiro atoms. The van der Waals surface area contributed by atoms with Gasteiger partial charge in [0.25, 0.3) is 5.91 Å². The van der Waals surface area contributed by atoms with E-state index in [1.54, 1.807) is 12.1 Å². The van der Waals surface area contributed by atoms with Crippen LogP contribution in [0.5, 0.6) is 0 Å². The maximum absolute atomic E-state index is 12.1. The Labute approximate surface area is 126 Å². The van der Waals surface area contributed by atoms with E-state index in [0.29, 0.717) is 16.5 Å². The zero-order valence-corrected chi connectivity index (χ0v) is 12.1. The number of hydrogen-bond acceptors (Lipinski definition) is 3. The van der Waals surface area contributed by atoms with Gasteiger partial charge in [0.05, 0.1) is 22.6 Å². The third-order valence-electron chi connectivity index (χ3n) is 3.16. The molecule has 0 fully saturated rings. The first-order chi connectivity index (χ1) is 10.1. The summed E-state index contributed by atoms with van der Waals surface area (Å²) in [5, 5.41) is 3.24. The van der Waals surface area contributed by atoms with Crippen LogP contribution >= 0.6 is 11.6 Å². The van der Waals surface area contributed by atoms with Crippen LogP contribution in [0.15, 0.2) is 42.6 Å². The van der Waals surface area contributed by atoms with Crippen molar-refractivity contribution in [3.05, 3.63) is 59.1 Å². The first-order valence-electron chi connectivity index (χ1n) is 6.50. The second kappa shape index (κ2) is 5.54. The van der Waals surface area contributed by atoms with E-state index < -0.39 is 0 Å². The molecule has 6 heteroatoms. The molecule has 3 aromatic rings. The lowest BCUT2D eigenvalue weighted by atomic mass is 10.2. The Hall–Kier alpha value is -2.40. The fourth-order valence-corrected chi connectivity index (χ4v) is 2.15. The average molecular weight is 301 g/mol. The largest absolute Gasteiger partial charge is 0.342 e. The van der Waals surface area contributed by atoms with Crippen LogP contribution in [0.1, 0.15) is 29.1 Å². The van der Waals surface area contributed by atoms with Crippen molar-refractivity contribution in [1.82, 2.24) is 20.3 Å². The molecule has 2 heterocycles. The number of carbonyl (C=O) groups is 1. The second-order valence-electron chi connectivity index (χ2n) is 4.70. The molecule has 0 radical (unpaired) electrons. The third kappa shape index (κ3) is 2.87. The summed E-state index contributed by atoms with van der Waals surface area (Å²) in [5.74, 6) is 0.499. The molecular weight excluding hydrogens is 288 g/mol. The van der Waals surface area contributed by atoms with Crippen molar-refractivity contribution in [2.24, 2.45) is 0 Å². The van der Waals surface area contributed by atoms with E-state index in [4.69, 9.17) is 11.6 Å². The summed E-state index contributed by atoms with van der Waals surface area (Å²) in [6.45, 7) is 1.87. The molecule has 1 unspecified atom stereocenters. The Morgan fingerprint density at radius 2 is 2.10 bits per heavy atom. The summed E-state index contributed by atoms with van der Waals surface area (Å²) in [6.07, 6.45) is 1.45. The number of aromatic amines is 1. The summed E-state index contributed by atoms with van der Waals surface area (Å²) in [5.41, 5.74) is 2.28. The number of fused-ring (bicyclic) bond motifs is 1. The van der Waals surface area contributed by atoms with E-state index in [9.17, 15) is 4.79 Å². The lowest BCUT2D eigenvalue weighted by molar-refractivity contribution is 0.0938. The zero-order valence-electron chi connectivity index (χ0n) is 11.3. The molecule has 3 rings (SSSR count). The van der Waals surface area contributed by atoms with Gasteiger partial charge in [0.15, 0.2) is 0 Å². The fourth-order valence-electron chi connectivity index (χ4n) is 2.04. The number of H-pyrrole nitrogens is 1. The molecule has 1 atom stereocenters. The number of imidazole rings is 1. The van der Waals surface area contributed by atoms with Gasteiger partial charge in [0.2, 0.25) is 0 Å². The van der Waals surface area contributed by atoms with E-state index in [-0.39, 0.29) is 11.9 Å². The molecule has 106 valence electrons. The molecule has 0 saturated carbocycles. The highest BCUT2D eigenvalue weighted by molar-refractivity contribution is 6.29. The van der Waals surface area contributed by atoms with Crippen LogP contribution in [-0.2, 0) is 0 Å². The van der Waals surface area contributed by atoms with E-state index in [1.807, 2.05) is 31.2 Å². The number of rotatable bonds is 3. The Morgan fingerprint density at radius 3 is 2.81 bits per heavy atom. The number of carbonyl (C=O) groups excluding carboxylic acids is 1. The number of pyridine rings is 1. The first-order valence-corrected chi connectivity index (χ1v) is 6.88. The van der Waals surface area contributed by atoms with Crippen LogP contribution in [0.3, 0.4) is 0 Å². The molecule has 0 aliphatic heterocycles. The molecule has 1 aromatic carbocycles. The van der Waals surface area contributed by atoms with Crippen LogP contribution in [0.4, 0.5) is 0 Å². The first kappa shape index (κ1) is 13.6. The number of halogens is 1. The number of amides is 1. The summed E-state index contributed by atoms with van der Waals surface area (Å²) in [7, 11) is 0. The highest BCUT2D eigenvalue weighted by Gasteiger charge is 2.14. The summed E-state index contributed by atoms with van der Waals surface area (Å²) in [4.78, 5) is 23.7. The van der Waals surface area contributed by atoms with E-state index in [2.05, 4.69) is 20.3 Å².